The van der Waals surface area contributed by atoms with Crippen molar-refractivity contribution in [1.29, 1.82) is 0 Å². The number of phosphoric acid groups is 2. The zero-order chi connectivity index (χ0) is 67.3. The lowest BCUT2D eigenvalue weighted by Gasteiger charge is -2.21. The fourth-order valence-electron chi connectivity index (χ4n) is 10.3. The molecule has 0 fully saturated rings. The maximum atomic E-state index is 13.0. The SMILES string of the molecule is CCCCCC/C=C\C=C/CCCCCCCC(=O)O[C@H](COC(=O)CCCCCCCCCCCCCC(C)C)COP(=O)(O)OCC(O)COP(=O)(O)OC[C@@H](COC(=O)CCCCCCCCCC(C)C)OC(=O)CCCCCCCCCCC(C)CC. The fraction of sp³-hybridized carbons (Fsp3) is 0.889. The molecule has 0 aromatic heterocycles. The van der Waals surface area contributed by atoms with Gasteiger partial charge in [-0.05, 0) is 69.1 Å². The maximum Gasteiger partial charge on any atom is 0.472 e. The highest BCUT2D eigenvalue weighted by atomic mass is 31.2. The Kier molecular flexibility index (Phi) is 60.7. The number of hydrogen-bond donors (Lipinski definition) is 3. The Bertz CT molecular complexity index is 1880. The minimum atomic E-state index is -4.96. The van der Waals surface area contributed by atoms with Crippen molar-refractivity contribution >= 4 is 39.5 Å². The smallest absolute Gasteiger partial charge is 0.462 e. The van der Waals surface area contributed by atoms with E-state index < -0.39 is 97.5 Å². The Morgan fingerprint density at radius 3 is 0.978 bits per heavy atom. The van der Waals surface area contributed by atoms with Crippen molar-refractivity contribution in [3.8, 4) is 0 Å². The molecule has 0 aliphatic heterocycles. The monoisotopic (exact) mass is 1330 g/mol. The van der Waals surface area contributed by atoms with E-state index in [4.69, 9.17) is 37.0 Å². The standard InChI is InChI=1S/C72H136O17P2/c1-8-10-11-12-13-14-15-16-17-18-21-25-33-41-48-55-71(76)88-67(59-82-69(74)53-46-39-32-24-22-19-20-23-29-36-43-50-63(3)4)61-86-90(78,79)84-57-66(73)58-85-91(80,81)87-62-68(60-83-70(75)54-47-40-35-28-30-37-44-51-64(5)6)89-72(77)56-49-42-34-27-26-31-38-45-52-65(7)9-2/h14-17,63-68,73H,8-13,18-62H2,1-7H3,(H,78,79)(H,80,81)/b15-14-,17-16-/t65?,66?,67-,68-/m1/s1. The highest BCUT2D eigenvalue weighted by molar-refractivity contribution is 7.47. The molecule has 536 valence electrons. The molecule has 17 nitrogen and oxygen atoms in total. The van der Waals surface area contributed by atoms with Gasteiger partial charge in [-0.15, -0.1) is 0 Å². The first-order chi connectivity index (χ1) is 43.8. The van der Waals surface area contributed by atoms with Gasteiger partial charge in [-0.3, -0.25) is 37.3 Å². The topological polar surface area (TPSA) is 237 Å². The summed E-state index contributed by atoms with van der Waals surface area (Å²) in [6.45, 7) is 11.7. The van der Waals surface area contributed by atoms with E-state index in [1.54, 1.807) is 0 Å². The predicted molar refractivity (Wildman–Crippen MR) is 367 cm³/mol. The summed E-state index contributed by atoms with van der Waals surface area (Å²) in [6, 6.07) is 0. The molecule has 0 radical (unpaired) electrons. The van der Waals surface area contributed by atoms with E-state index in [9.17, 15) is 43.2 Å². The van der Waals surface area contributed by atoms with Crippen LogP contribution in [0.3, 0.4) is 0 Å². The normalized spacial score (nSPS) is 14.6. The summed E-state index contributed by atoms with van der Waals surface area (Å²) in [7, 11) is -9.92. The largest absolute Gasteiger partial charge is 0.472 e. The summed E-state index contributed by atoms with van der Waals surface area (Å²) in [5.74, 6) is 0.0835. The van der Waals surface area contributed by atoms with Crippen molar-refractivity contribution in [1.82, 2.24) is 0 Å². The molecule has 0 bridgehead atoms. The molecule has 0 aromatic carbocycles. The van der Waals surface area contributed by atoms with Crippen LogP contribution < -0.4 is 0 Å². The molecule has 0 rings (SSSR count). The van der Waals surface area contributed by atoms with Crippen molar-refractivity contribution in [2.75, 3.05) is 39.6 Å². The van der Waals surface area contributed by atoms with E-state index in [-0.39, 0.29) is 25.7 Å². The van der Waals surface area contributed by atoms with Crippen LogP contribution in [0.2, 0.25) is 0 Å². The van der Waals surface area contributed by atoms with Crippen LogP contribution in [-0.4, -0.2) is 96.7 Å². The molecule has 91 heavy (non-hydrogen) atoms. The van der Waals surface area contributed by atoms with Crippen molar-refractivity contribution in [3.63, 3.8) is 0 Å². The highest BCUT2D eigenvalue weighted by Crippen LogP contribution is 2.45. The molecule has 0 saturated heterocycles. The van der Waals surface area contributed by atoms with Gasteiger partial charge in [0.15, 0.2) is 12.2 Å². The summed E-state index contributed by atoms with van der Waals surface area (Å²) in [4.78, 5) is 72.6. The third-order valence-electron chi connectivity index (χ3n) is 16.4. The lowest BCUT2D eigenvalue weighted by atomic mass is 9.99. The number of rotatable bonds is 68. The van der Waals surface area contributed by atoms with Crippen LogP contribution in [0.15, 0.2) is 24.3 Å². The molecule has 0 amide bonds. The number of allylic oxidation sites excluding steroid dienone is 4. The second-order valence-corrected chi connectivity index (χ2v) is 29.4. The van der Waals surface area contributed by atoms with E-state index in [0.717, 1.165) is 121 Å². The Morgan fingerprint density at radius 2 is 0.648 bits per heavy atom. The van der Waals surface area contributed by atoms with E-state index in [1.165, 1.54) is 128 Å². The van der Waals surface area contributed by atoms with Crippen molar-refractivity contribution < 1.29 is 80.2 Å². The van der Waals surface area contributed by atoms with Crippen LogP contribution >= 0.6 is 15.6 Å². The third-order valence-corrected chi connectivity index (χ3v) is 18.3. The van der Waals surface area contributed by atoms with Gasteiger partial charge in [-0.25, -0.2) is 9.13 Å². The molecule has 4 unspecified atom stereocenters. The second kappa shape index (κ2) is 62.4. The van der Waals surface area contributed by atoms with Gasteiger partial charge in [-0.2, -0.15) is 0 Å². The Morgan fingerprint density at radius 1 is 0.363 bits per heavy atom. The molecule has 3 N–H and O–H groups in total. The van der Waals surface area contributed by atoms with Crippen molar-refractivity contribution in [2.24, 2.45) is 17.8 Å². The van der Waals surface area contributed by atoms with Gasteiger partial charge in [0.2, 0.25) is 0 Å². The molecule has 0 spiro atoms. The maximum absolute atomic E-state index is 13.0. The van der Waals surface area contributed by atoms with Crippen LogP contribution in [0.1, 0.15) is 337 Å². The van der Waals surface area contributed by atoms with Gasteiger partial charge in [0.05, 0.1) is 26.4 Å². The van der Waals surface area contributed by atoms with Gasteiger partial charge in [-0.1, -0.05) is 285 Å². The zero-order valence-electron chi connectivity index (χ0n) is 58.8. The number of aliphatic hydroxyl groups excluding tert-OH is 1. The van der Waals surface area contributed by atoms with Gasteiger partial charge >= 0.3 is 39.5 Å². The molecule has 0 aliphatic carbocycles. The summed E-state index contributed by atoms with van der Waals surface area (Å²) in [5.41, 5.74) is 0. The van der Waals surface area contributed by atoms with Gasteiger partial charge in [0.1, 0.15) is 19.3 Å². The lowest BCUT2D eigenvalue weighted by molar-refractivity contribution is -0.161. The first-order valence-corrected chi connectivity index (χ1v) is 39.7. The first kappa shape index (κ1) is 88.5. The Balaban J connectivity index is 5.30. The summed E-state index contributed by atoms with van der Waals surface area (Å²) < 4.78 is 68.3. The summed E-state index contributed by atoms with van der Waals surface area (Å²) in [5, 5.41) is 10.6. The molecule has 0 aromatic rings. The van der Waals surface area contributed by atoms with E-state index in [2.05, 4.69) is 72.8 Å². The molecule has 0 aliphatic rings. The molecule has 0 heterocycles. The number of unbranched alkanes of at least 4 members (excludes halogenated alkanes) is 32. The molecule has 0 saturated carbocycles. The summed E-state index contributed by atoms with van der Waals surface area (Å²) >= 11 is 0. The van der Waals surface area contributed by atoms with Crippen molar-refractivity contribution in [3.05, 3.63) is 24.3 Å². The molecular weight excluding hydrogens is 1200 g/mol. The number of carbonyl (C=O) groups is 4. The summed E-state index contributed by atoms with van der Waals surface area (Å²) in [6.07, 6.45) is 49.4. The van der Waals surface area contributed by atoms with E-state index >= 15 is 0 Å². The van der Waals surface area contributed by atoms with Crippen LogP contribution in [0.4, 0.5) is 0 Å². The van der Waals surface area contributed by atoms with E-state index in [1.807, 2.05) is 0 Å². The number of aliphatic hydroxyl groups is 1. The number of ether oxygens (including phenoxy) is 4. The molecular formula is C72H136O17P2. The van der Waals surface area contributed by atoms with Gasteiger partial charge < -0.3 is 33.8 Å². The minimum Gasteiger partial charge on any atom is -0.462 e. The third kappa shape index (κ3) is 64.6. The average molecular weight is 1340 g/mol. The van der Waals surface area contributed by atoms with Crippen LogP contribution in [0, 0.1) is 17.8 Å². The lowest BCUT2D eigenvalue weighted by Crippen LogP contribution is -2.30. The first-order valence-electron chi connectivity index (χ1n) is 36.7. The van der Waals surface area contributed by atoms with Crippen LogP contribution in [0.25, 0.3) is 0 Å². The average Bonchev–Trinajstić information content (AvgIpc) is 3.59. The zero-order valence-corrected chi connectivity index (χ0v) is 60.6. The van der Waals surface area contributed by atoms with Gasteiger partial charge in [0, 0.05) is 25.7 Å². The Labute approximate surface area is 554 Å². The van der Waals surface area contributed by atoms with Crippen molar-refractivity contribution in [2.45, 2.75) is 356 Å². The van der Waals surface area contributed by atoms with Crippen LogP contribution in [-0.2, 0) is 65.4 Å². The fourth-order valence-corrected chi connectivity index (χ4v) is 11.9. The Hall–Kier alpha value is -2.46. The van der Waals surface area contributed by atoms with E-state index in [0.29, 0.717) is 31.6 Å². The minimum absolute atomic E-state index is 0.0844. The highest BCUT2D eigenvalue weighted by Gasteiger charge is 2.30. The number of hydrogen-bond acceptors (Lipinski definition) is 15. The molecule has 6 atom stereocenters. The predicted octanol–water partition coefficient (Wildman–Crippen LogP) is 20.2. The van der Waals surface area contributed by atoms with Crippen LogP contribution in [0.5, 0.6) is 0 Å². The second-order valence-electron chi connectivity index (χ2n) is 26.5. The quantitative estimate of drug-likeness (QED) is 0.0169. The molecule has 19 heteroatoms. The number of esters is 4. The number of carbonyl (C=O) groups excluding carboxylic acids is 4. The number of phosphoric ester groups is 2. The van der Waals surface area contributed by atoms with Gasteiger partial charge in [0.25, 0.3) is 0 Å².